The second kappa shape index (κ2) is 13.4. The van der Waals surface area contributed by atoms with Crippen molar-refractivity contribution in [1.82, 2.24) is 0 Å². The van der Waals surface area contributed by atoms with E-state index in [0.29, 0.717) is 17.9 Å². The summed E-state index contributed by atoms with van der Waals surface area (Å²) in [6, 6.07) is 22.8. The highest BCUT2D eigenvalue weighted by Crippen LogP contribution is 2.38. The van der Waals surface area contributed by atoms with Gasteiger partial charge in [-0.05, 0) is 66.8 Å². The summed E-state index contributed by atoms with van der Waals surface area (Å²) in [5.41, 5.74) is 5.92. The zero-order chi connectivity index (χ0) is 27.7. The molecule has 4 heteroatoms. The maximum absolute atomic E-state index is 13.0. The molecule has 0 saturated heterocycles. The predicted octanol–water partition coefficient (Wildman–Crippen LogP) is 8.30. The first-order chi connectivity index (χ1) is 18.9. The number of aryl methyl sites for hydroxylation is 1. The van der Waals surface area contributed by atoms with Crippen molar-refractivity contribution >= 4 is 11.7 Å². The first kappa shape index (κ1) is 28.3. The molecule has 3 aromatic carbocycles. The molecule has 3 aromatic rings. The molecular formula is C35H41NO3. The average molecular weight is 524 g/mol. The van der Waals surface area contributed by atoms with Crippen molar-refractivity contribution in [3.05, 3.63) is 94.5 Å². The van der Waals surface area contributed by atoms with Crippen LogP contribution in [-0.4, -0.2) is 18.3 Å². The lowest BCUT2D eigenvalue weighted by atomic mass is 10.1. The van der Waals surface area contributed by atoms with E-state index in [0.717, 1.165) is 42.6 Å². The lowest BCUT2D eigenvalue weighted by molar-refractivity contribution is -0.127. The molecule has 0 spiro atoms. The lowest BCUT2D eigenvalue weighted by Crippen LogP contribution is -2.40. The number of anilines is 1. The molecule has 4 nitrogen and oxygen atoms in total. The Hall–Kier alpha value is -3.71. The molecule has 1 heterocycles. The number of unbranched alkanes of at least 4 members (excludes halogenated alkanes) is 4. The van der Waals surface area contributed by atoms with Gasteiger partial charge in [0.15, 0.2) is 0 Å². The zero-order valence-corrected chi connectivity index (χ0v) is 23.9. The summed E-state index contributed by atoms with van der Waals surface area (Å²) in [5, 5.41) is 0. The Balaban J connectivity index is 1.50. The number of hydrogen-bond acceptors (Lipinski definition) is 4. The Bertz CT molecular complexity index is 1300. The fourth-order valence-electron chi connectivity index (χ4n) is 4.84. The minimum atomic E-state index is -0.970. The third-order valence-corrected chi connectivity index (χ3v) is 6.98. The maximum Gasteiger partial charge on any atom is 0.347 e. The zero-order valence-electron chi connectivity index (χ0n) is 23.9. The van der Waals surface area contributed by atoms with Gasteiger partial charge in [0.05, 0.1) is 5.69 Å². The van der Waals surface area contributed by atoms with Crippen molar-refractivity contribution in [2.24, 2.45) is 0 Å². The van der Waals surface area contributed by atoms with Crippen LogP contribution in [0.2, 0.25) is 0 Å². The van der Waals surface area contributed by atoms with E-state index < -0.39 is 5.79 Å². The van der Waals surface area contributed by atoms with E-state index in [2.05, 4.69) is 79.1 Å². The number of benzene rings is 3. The van der Waals surface area contributed by atoms with Crippen LogP contribution in [-0.2, 0) is 17.7 Å². The van der Waals surface area contributed by atoms with Gasteiger partial charge in [-0.15, -0.1) is 0 Å². The highest BCUT2D eigenvalue weighted by molar-refractivity contribution is 5.99. The Kier molecular flexibility index (Phi) is 9.71. The van der Waals surface area contributed by atoms with Crippen molar-refractivity contribution in [3.8, 4) is 17.6 Å². The van der Waals surface area contributed by atoms with Crippen LogP contribution in [0.5, 0.6) is 5.75 Å². The first-order valence-electron chi connectivity index (χ1n) is 14.4. The van der Waals surface area contributed by atoms with E-state index >= 15 is 0 Å². The lowest BCUT2D eigenvalue weighted by Gasteiger charge is -2.35. The molecule has 0 N–H and O–H groups in total. The van der Waals surface area contributed by atoms with Crippen LogP contribution in [0.3, 0.4) is 0 Å². The van der Waals surface area contributed by atoms with E-state index in [1.54, 1.807) is 13.8 Å². The topological polar surface area (TPSA) is 38.8 Å². The first-order valence-corrected chi connectivity index (χ1v) is 14.4. The number of carbonyl (C=O) groups excluding carboxylic acids is 1. The van der Waals surface area contributed by atoms with Crippen LogP contribution in [0.25, 0.3) is 0 Å². The summed E-state index contributed by atoms with van der Waals surface area (Å²) in [4.78, 5) is 15.3. The highest BCUT2D eigenvalue weighted by atomic mass is 16.7. The number of fused-ring (bicyclic) bond motifs is 1. The van der Waals surface area contributed by atoms with Gasteiger partial charge in [0, 0.05) is 38.1 Å². The van der Waals surface area contributed by atoms with Gasteiger partial charge in [0.2, 0.25) is 5.79 Å². The van der Waals surface area contributed by atoms with Crippen molar-refractivity contribution in [3.63, 3.8) is 0 Å². The van der Waals surface area contributed by atoms with Gasteiger partial charge in [0.1, 0.15) is 11.3 Å². The molecule has 0 radical (unpaired) electrons. The second-order valence-corrected chi connectivity index (χ2v) is 10.8. The van der Waals surface area contributed by atoms with Crippen molar-refractivity contribution in [2.75, 3.05) is 11.4 Å². The van der Waals surface area contributed by atoms with Gasteiger partial charge in [0.25, 0.3) is 0 Å². The number of hydrogen-bond donors (Lipinski definition) is 0. The Morgan fingerprint density at radius 2 is 1.38 bits per heavy atom. The van der Waals surface area contributed by atoms with E-state index in [1.807, 2.05) is 18.2 Å². The molecule has 1 aliphatic rings. The Morgan fingerprint density at radius 1 is 0.744 bits per heavy atom. The van der Waals surface area contributed by atoms with E-state index in [-0.39, 0.29) is 5.97 Å². The molecule has 39 heavy (non-hydrogen) atoms. The van der Waals surface area contributed by atoms with Crippen molar-refractivity contribution < 1.29 is 14.3 Å². The summed E-state index contributed by atoms with van der Waals surface area (Å²) in [6.07, 6.45) is 8.15. The highest BCUT2D eigenvalue weighted by Gasteiger charge is 2.36. The number of cyclic esters (lactones) is 1. The number of esters is 1. The summed E-state index contributed by atoms with van der Waals surface area (Å²) >= 11 is 0. The number of carbonyl (C=O) groups is 1. The third kappa shape index (κ3) is 7.90. The Labute approximate surface area is 234 Å². The molecule has 0 unspecified atom stereocenters. The fraction of sp³-hybridized carbons (Fsp3) is 0.400. The monoisotopic (exact) mass is 523 g/mol. The standard InChI is InChI=1S/C35H41NO3/c1-5-7-9-10-25-36(31-13-11-14-32-33(31)34(37)39-35(3,4)38-32)26-30-23-21-29(22-24-30)20-19-28-17-15-27(16-18-28)12-8-6-2/h11,13-18,21-24H,5-10,12,25-26H2,1-4H3. The van der Waals surface area contributed by atoms with E-state index in [1.165, 1.54) is 36.8 Å². The average Bonchev–Trinajstić information content (AvgIpc) is 2.92. The molecule has 0 bridgehead atoms. The minimum absolute atomic E-state index is 0.334. The van der Waals surface area contributed by atoms with Crippen LogP contribution in [0.1, 0.15) is 98.8 Å². The second-order valence-electron chi connectivity index (χ2n) is 10.8. The van der Waals surface area contributed by atoms with Gasteiger partial charge in [-0.2, -0.15) is 0 Å². The summed E-state index contributed by atoms with van der Waals surface area (Å²) in [7, 11) is 0. The van der Waals surface area contributed by atoms with E-state index in [9.17, 15) is 4.79 Å². The molecule has 204 valence electrons. The van der Waals surface area contributed by atoms with Crippen LogP contribution in [0, 0.1) is 11.8 Å². The molecule has 4 rings (SSSR count). The van der Waals surface area contributed by atoms with Crippen molar-refractivity contribution in [1.29, 1.82) is 0 Å². The molecular weight excluding hydrogens is 482 g/mol. The van der Waals surface area contributed by atoms with Gasteiger partial charge in [-0.3, -0.25) is 0 Å². The molecule has 0 saturated carbocycles. The number of nitrogens with zero attached hydrogens (tertiary/aromatic N) is 1. The summed E-state index contributed by atoms with van der Waals surface area (Å²) in [5.74, 6) is 5.86. The van der Waals surface area contributed by atoms with Gasteiger partial charge in [-0.25, -0.2) is 4.79 Å². The molecule has 0 atom stereocenters. The third-order valence-electron chi connectivity index (χ3n) is 6.98. The molecule has 1 aliphatic heterocycles. The quantitative estimate of drug-likeness (QED) is 0.144. The maximum atomic E-state index is 13.0. The number of rotatable bonds is 11. The van der Waals surface area contributed by atoms with Gasteiger partial charge >= 0.3 is 5.97 Å². The fourth-order valence-corrected chi connectivity index (χ4v) is 4.84. The number of ether oxygens (including phenoxy) is 2. The van der Waals surface area contributed by atoms with Crippen LogP contribution < -0.4 is 9.64 Å². The van der Waals surface area contributed by atoms with Crippen LogP contribution >= 0.6 is 0 Å². The van der Waals surface area contributed by atoms with E-state index in [4.69, 9.17) is 9.47 Å². The van der Waals surface area contributed by atoms with Crippen LogP contribution in [0.15, 0.2) is 66.7 Å². The van der Waals surface area contributed by atoms with Gasteiger partial charge in [-0.1, -0.05) is 81.7 Å². The summed E-state index contributed by atoms with van der Waals surface area (Å²) in [6.45, 7) is 9.49. The predicted molar refractivity (Wildman–Crippen MR) is 159 cm³/mol. The SMILES string of the molecule is CCCCCCN(Cc1ccc(C#Cc2ccc(CCCC)cc2)cc1)c1cccc2c1C(=O)OC(C)(C)O2. The molecule has 0 aliphatic carbocycles. The van der Waals surface area contributed by atoms with Crippen molar-refractivity contribution in [2.45, 2.75) is 85.0 Å². The molecule has 0 fully saturated rings. The molecule has 0 aromatic heterocycles. The van der Waals surface area contributed by atoms with Crippen LogP contribution in [0.4, 0.5) is 5.69 Å². The van der Waals surface area contributed by atoms with Gasteiger partial charge < -0.3 is 14.4 Å². The minimum Gasteiger partial charge on any atom is -0.452 e. The largest absolute Gasteiger partial charge is 0.452 e. The normalized spacial score (nSPS) is 13.5. The molecule has 0 amide bonds. The Morgan fingerprint density at radius 3 is 2.03 bits per heavy atom. The summed E-state index contributed by atoms with van der Waals surface area (Å²) < 4.78 is 11.6. The smallest absolute Gasteiger partial charge is 0.347 e.